The number of hydrogen-bond donors (Lipinski definition) is 0. The molecule has 7 nitrogen and oxygen atoms in total. The minimum atomic E-state index is -0.333. The SMILES string of the molecule is COc1cc(OC)c(C2=CCN(C(=O)c3cncn3-c3ccc(F)cc3)CC2)c(OC)c1. The third-order valence-electron chi connectivity index (χ3n) is 5.49. The maximum Gasteiger partial charge on any atom is 0.272 e. The zero-order chi connectivity index (χ0) is 22.7. The highest BCUT2D eigenvalue weighted by atomic mass is 19.1. The van der Waals surface area contributed by atoms with E-state index in [1.807, 2.05) is 18.2 Å². The molecule has 3 aromatic rings. The molecule has 166 valence electrons. The van der Waals surface area contributed by atoms with Crippen LogP contribution in [0.25, 0.3) is 11.3 Å². The molecule has 32 heavy (non-hydrogen) atoms. The molecule has 0 N–H and O–H groups in total. The third kappa shape index (κ3) is 4.03. The first kappa shape index (κ1) is 21.4. The molecular formula is C24H24FN3O4. The largest absolute Gasteiger partial charge is 0.496 e. The number of hydrogen-bond acceptors (Lipinski definition) is 5. The van der Waals surface area contributed by atoms with Crippen molar-refractivity contribution in [3.05, 3.63) is 72.1 Å². The molecule has 0 saturated carbocycles. The van der Waals surface area contributed by atoms with Crippen molar-refractivity contribution in [2.24, 2.45) is 0 Å². The van der Waals surface area contributed by atoms with Crippen molar-refractivity contribution in [1.82, 2.24) is 14.5 Å². The number of halogens is 1. The van der Waals surface area contributed by atoms with E-state index in [9.17, 15) is 9.18 Å². The molecule has 1 aliphatic heterocycles. The highest BCUT2D eigenvalue weighted by Gasteiger charge is 2.25. The molecule has 2 heterocycles. The molecule has 8 heteroatoms. The Morgan fingerprint density at radius 1 is 1.03 bits per heavy atom. The number of carbonyl (C=O) groups is 1. The molecule has 1 amide bonds. The van der Waals surface area contributed by atoms with Crippen LogP contribution < -0.4 is 14.2 Å². The lowest BCUT2D eigenvalue weighted by atomic mass is 9.97. The van der Waals surface area contributed by atoms with E-state index in [1.54, 1.807) is 49.3 Å². The molecule has 0 aliphatic carbocycles. The van der Waals surface area contributed by atoms with E-state index >= 15 is 0 Å². The summed E-state index contributed by atoms with van der Waals surface area (Å²) in [6, 6.07) is 9.58. The molecule has 0 bridgehead atoms. The summed E-state index contributed by atoms with van der Waals surface area (Å²) in [5.74, 6) is 1.48. The smallest absolute Gasteiger partial charge is 0.272 e. The molecule has 2 aromatic carbocycles. The summed E-state index contributed by atoms with van der Waals surface area (Å²) in [4.78, 5) is 19.1. The van der Waals surface area contributed by atoms with Crippen molar-refractivity contribution in [1.29, 1.82) is 0 Å². The van der Waals surface area contributed by atoms with Gasteiger partial charge in [0.25, 0.3) is 5.91 Å². The second kappa shape index (κ2) is 9.13. The fraction of sp³-hybridized carbons (Fsp3) is 0.250. The van der Waals surface area contributed by atoms with Gasteiger partial charge in [0.15, 0.2) is 0 Å². The Hall–Kier alpha value is -3.81. The fourth-order valence-electron chi connectivity index (χ4n) is 3.83. The van der Waals surface area contributed by atoms with Crippen LogP contribution >= 0.6 is 0 Å². The zero-order valence-corrected chi connectivity index (χ0v) is 18.2. The quantitative estimate of drug-likeness (QED) is 0.584. The van der Waals surface area contributed by atoms with Gasteiger partial charge in [0.05, 0.1) is 39.4 Å². The van der Waals surface area contributed by atoms with E-state index in [2.05, 4.69) is 4.98 Å². The Bertz CT molecular complexity index is 1130. The van der Waals surface area contributed by atoms with Gasteiger partial charge >= 0.3 is 0 Å². The topological polar surface area (TPSA) is 65.8 Å². The highest BCUT2D eigenvalue weighted by Crippen LogP contribution is 2.41. The molecular weight excluding hydrogens is 413 g/mol. The predicted molar refractivity (Wildman–Crippen MR) is 118 cm³/mol. The first-order chi connectivity index (χ1) is 15.5. The second-order valence-electron chi connectivity index (χ2n) is 7.26. The average molecular weight is 437 g/mol. The summed E-state index contributed by atoms with van der Waals surface area (Å²) in [5.41, 5.74) is 3.00. The van der Waals surface area contributed by atoms with E-state index in [0.717, 1.165) is 11.1 Å². The van der Waals surface area contributed by atoms with Crippen LogP contribution in [0.15, 0.2) is 55.0 Å². The van der Waals surface area contributed by atoms with Crippen molar-refractivity contribution < 1.29 is 23.4 Å². The van der Waals surface area contributed by atoms with Crippen LogP contribution in [0.4, 0.5) is 4.39 Å². The number of benzene rings is 2. The molecule has 4 rings (SSSR count). The van der Waals surface area contributed by atoms with E-state index in [1.165, 1.54) is 18.3 Å². The van der Waals surface area contributed by atoms with Gasteiger partial charge in [-0.1, -0.05) is 6.08 Å². The van der Waals surface area contributed by atoms with Crippen LogP contribution in [0.3, 0.4) is 0 Å². The maximum atomic E-state index is 13.3. The lowest BCUT2D eigenvalue weighted by Gasteiger charge is -2.28. The summed E-state index contributed by atoms with van der Waals surface area (Å²) in [6.45, 7) is 0.957. The van der Waals surface area contributed by atoms with Crippen LogP contribution in [0.2, 0.25) is 0 Å². The number of rotatable bonds is 6. The number of nitrogens with zero attached hydrogens (tertiary/aromatic N) is 3. The summed E-state index contributed by atoms with van der Waals surface area (Å²) >= 11 is 0. The number of imidazole rings is 1. The summed E-state index contributed by atoms with van der Waals surface area (Å²) in [6.07, 6.45) is 5.72. The fourth-order valence-corrected chi connectivity index (χ4v) is 3.83. The van der Waals surface area contributed by atoms with Crippen LogP contribution in [-0.2, 0) is 0 Å². The first-order valence-corrected chi connectivity index (χ1v) is 10.1. The highest BCUT2D eigenvalue weighted by molar-refractivity contribution is 5.94. The molecule has 0 spiro atoms. The Balaban J connectivity index is 1.58. The number of ether oxygens (including phenoxy) is 3. The van der Waals surface area contributed by atoms with Crippen LogP contribution in [0.1, 0.15) is 22.5 Å². The Labute approximate surface area is 185 Å². The molecule has 1 aliphatic rings. The first-order valence-electron chi connectivity index (χ1n) is 10.1. The number of methoxy groups -OCH3 is 3. The van der Waals surface area contributed by atoms with Crippen molar-refractivity contribution in [2.45, 2.75) is 6.42 Å². The lowest BCUT2D eigenvalue weighted by Crippen LogP contribution is -2.35. The number of aromatic nitrogens is 2. The molecule has 0 saturated heterocycles. The van der Waals surface area contributed by atoms with Gasteiger partial charge in [-0.15, -0.1) is 0 Å². The van der Waals surface area contributed by atoms with Gasteiger partial charge in [-0.25, -0.2) is 9.37 Å². The number of amides is 1. The Morgan fingerprint density at radius 2 is 1.72 bits per heavy atom. The third-order valence-corrected chi connectivity index (χ3v) is 5.49. The zero-order valence-electron chi connectivity index (χ0n) is 18.2. The maximum absolute atomic E-state index is 13.3. The molecule has 0 radical (unpaired) electrons. The van der Waals surface area contributed by atoms with E-state index in [-0.39, 0.29) is 11.7 Å². The molecule has 0 atom stereocenters. The van der Waals surface area contributed by atoms with Crippen molar-refractivity contribution in [3.63, 3.8) is 0 Å². The molecule has 1 aromatic heterocycles. The minimum Gasteiger partial charge on any atom is -0.496 e. The lowest BCUT2D eigenvalue weighted by molar-refractivity contribution is 0.0765. The van der Waals surface area contributed by atoms with Crippen LogP contribution in [0, 0.1) is 5.82 Å². The average Bonchev–Trinajstić information content (AvgIpc) is 3.33. The van der Waals surface area contributed by atoms with Crippen LogP contribution in [-0.4, -0.2) is 54.8 Å². The second-order valence-corrected chi connectivity index (χ2v) is 7.26. The molecule has 0 unspecified atom stereocenters. The van der Waals surface area contributed by atoms with Crippen molar-refractivity contribution in [2.75, 3.05) is 34.4 Å². The van der Waals surface area contributed by atoms with Gasteiger partial charge in [0, 0.05) is 30.9 Å². The van der Waals surface area contributed by atoms with Gasteiger partial charge in [0.2, 0.25) is 0 Å². The minimum absolute atomic E-state index is 0.143. The van der Waals surface area contributed by atoms with Gasteiger partial charge in [0.1, 0.15) is 28.8 Å². The standard InChI is InChI=1S/C24H24FN3O4/c1-30-19-12-21(31-2)23(22(13-19)32-3)16-8-10-27(11-9-16)24(29)20-14-26-15-28(20)18-6-4-17(25)5-7-18/h4-8,12-15H,9-11H2,1-3H3. The van der Waals surface area contributed by atoms with Gasteiger partial charge in [-0.05, 0) is 36.3 Å². The predicted octanol–water partition coefficient (Wildman–Crippen LogP) is 3.97. The van der Waals surface area contributed by atoms with Crippen molar-refractivity contribution >= 4 is 11.5 Å². The van der Waals surface area contributed by atoms with E-state index < -0.39 is 0 Å². The summed E-state index contributed by atoms with van der Waals surface area (Å²) in [5, 5.41) is 0. The van der Waals surface area contributed by atoms with E-state index in [0.29, 0.717) is 48.1 Å². The van der Waals surface area contributed by atoms with Gasteiger partial charge < -0.3 is 19.1 Å². The summed E-state index contributed by atoms with van der Waals surface area (Å²) in [7, 11) is 4.80. The van der Waals surface area contributed by atoms with Crippen LogP contribution in [0.5, 0.6) is 17.2 Å². The van der Waals surface area contributed by atoms with Gasteiger partial charge in [-0.2, -0.15) is 0 Å². The molecule has 0 fully saturated rings. The van der Waals surface area contributed by atoms with Crippen molar-refractivity contribution in [3.8, 4) is 22.9 Å². The number of carbonyl (C=O) groups excluding carboxylic acids is 1. The van der Waals surface area contributed by atoms with Gasteiger partial charge in [-0.3, -0.25) is 9.36 Å². The normalized spacial score (nSPS) is 13.5. The summed E-state index contributed by atoms with van der Waals surface area (Å²) < 4.78 is 31.4. The Kier molecular flexibility index (Phi) is 6.11. The monoisotopic (exact) mass is 437 g/mol. The van der Waals surface area contributed by atoms with E-state index in [4.69, 9.17) is 14.2 Å². The Morgan fingerprint density at radius 3 is 2.28 bits per heavy atom.